The Balaban J connectivity index is 1.15. The fourth-order valence-corrected chi connectivity index (χ4v) is 4.52. The van der Waals surface area contributed by atoms with Gasteiger partial charge in [0, 0.05) is 0 Å². The lowest BCUT2D eigenvalue weighted by atomic mass is 10.1. The molecule has 0 radical (unpaired) electrons. The zero-order valence-corrected chi connectivity index (χ0v) is 26.9. The molecule has 0 unspecified atom stereocenters. The zero-order valence-electron chi connectivity index (χ0n) is 26.9. The highest BCUT2D eigenvalue weighted by atomic mass is 16.5. The third-order valence-corrected chi connectivity index (χ3v) is 7.01. The molecule has 2 amide bonds. The Kier molecular flexibility index (Phi) is 11.4. The monoisotopic (exact) mass is 670 g/mol. The zero-order chi connectivity index (χ0) is 35.3. The molecule has 250 valence electrons. The average Bonchev–Trinajstić information content (AvgIpc) is 3.16. The number of carbonyl (C=O) groups excluding carboxylic acids is 4. The molecule has 0 atom stereocenters. The number of hydrogen-bond acceptors (Lipinski definition) is 10. The van der Waals surface area contributed by atoms with Gasteiger partial charge in [-0.2, -0.15) is 10.2 Å². The number of nitrogens with one attached hydrogen (secondary N) is 2. The number of carbonyl (C=O) groups is 4. The Hall–Kier alpha value is -7.08. The minimum absolute atomic E-state index is 0.0109. The molecule has 0 saturated heterocycles. The van der Waals surface area contributed by atoms with E-state index in [-0.39, 0.29) is 22.6 Å². The summed E-state index contributed by atoms with van der Waals surface area (Å²) in [6.45, 7) is 0. The van der Waals surface area contributed by atoms with E-state index >= 15 is 0 Å². The summed E-state index contributed by atoms with van der Waals surface area (Å²) in [6, 6.07) is 32.5. The van der Waals surface area contributed by atoms with Crippen LogP contribution in [0.5, 0.6) is 23.0 Å². The van der Waals surface area contributed by atoms with E-state index < -0.39 is 23.8 Å². The van der Waals surface area contributed by atoms with Crippen molar-refractivity contribution in [1.82, 2.24) is 10.9 Å². The third kappa shape index (κ3) is 8.83. The highest BCUT2D eigenvalue weighted by molar-refractivity contribution is 6.04. The summed E-state index contributed by atoms with van der Waals surface area (Å²) in [5, 5.41) is 7.94. The van der Waals surface area contributed by atoms with Crippen LogP contribution in [0.3, 0.4) is 0 Å². The SMILES string of the molecule is COc1ccccc1C(=O)N/N=C\c1ccc(OC(=O)c2ccccc2C(=O)Oc2ccc(/C=N\NC(=O)c3ccccc3OC)cc2)cc1. The van der Waals surface area contributed by atoms with Crippen molar-refractivity contribution >= 4 is 36.2 Å². The maximum atomic E-state index is 13.1. The minimum atomic E-state index is -0.759. The molecular weight excluding hydrogens is 640 g/mol. The molecule has 0 heterocycles. The Labute approximate surface area is 287 Å². The smallest absolute Gasteiger partial charge is 0.344 e. The van der Waals surface area contributed by atoms with Crippen molar-refractivity contribution < 1.29 is 38.1 Å². The standard InChI is InChI=1S/C38H30N4O8/c1-47-33-13-7-5-11-31(33)35(43)41-39-23-25-15-19-27(20-16-25)49-37(45)29-9-3-4-10-30(29)38(46)50-28-21-17-26(18-22-28)24-40-42-36(44)32-12-6-8-14-34(32)48-2/h3-24H,1-2H3,(H,41,43)(H,42,44)/b39-23-,40-24-. The number of benzene rings is 5. The van der Waals surface area contributed by atoms with Crippen molar-refractivity contribution in [3.63, 3.8) is 0 Å². The largest absolute Gasteiger partial charge is 0.496 e. The van der Waals surface area contributed by atoms with Gasteiger partial charge in [0.05, 0.1) is 48.9 Å². The number of methoxy groups -OCH3 is 2. The van der Waals surface area contributed by atoms with Gasteiger partial charge in [-0.05, 0) is 96.1 Å². The maximum Gasteiger partial charge on any atom is 0.344 e. The Bertz CT molecular complexity index is 1910. The highest BCUT2D eigenvalue weighted by Gasteiger charge is 2.20. The van der Waals surface area contributed by atoms with E-state index in [9.17, 15) is 19.2 Å². The minimum Gasteiger partial charge on any atom is -0.496 e. The first-order valence-corrected chi connectivity index (χ1v) is 15.0. The van der Waals surface area contributed by atoms with Crippen LogP contribution < -0.4 is 29.8 Å². The van der Waals surface area contributed by atoms with Crippen LogP contribution in [0.15, 0.2) is 132 Å². The van der Waals surface area contributed by atoms with Gasteiger partial charge >= 0.3 is 11.9 Å². The van der Waals surface area contributed by atoms with E-state index in [2.05, 4.69) is 21.1 Å². The number of hydrazone groups is 2. The lowest BCUT2D eigenvalue weighted by molar-refractivity contribution is 0.0692. The fourth-order valence-electron chi connectivity index (χ4n) is 4.52. The molecule has 0 fully saturated rings. The van der Waals surface area contributed by atoms with E-state index in [1.807, 2.05) is 0 Å². The first kappa shape index (κ1) is 34.3. The summed E-state index contributed by atoms with van der Waals surface area (Å²) >= 11 is 0. The van der Waals surface area contributed by atoms with E-state index in [0.717, 1.165) is 0 Å². The van der Waals surface area contributed by atoms with Crippen LogP contribution in [0.4, 0.5) is 0 Å². The molecule has 5 aromatic rings. The molecule has 0 bridgehead atoms. The van der Waals surface area contributed by atoms with Crippen molar-refractivity contribution in [1.29, 1.82) is 0 Å². The Morgan fingerprint density at radius 2 is 0.820 bits per heavy atom. The lowest BCUT2D eigenvalue weighted by Gasteiger charge is -2.10. The summed E-state index contributed by atoms with van der Waals surface area (Å²) in [5.74, 6) is -1.09. The number of amides is 2. The predicted molar refractivity (Wildman–Crippen MR) is 185 cm³/mol. The van der Waals surface area contributed by atoms with E-state index in [4.69, 9.17) is 18.9 Å². The van der Waals surface area contributed by atoms with Gasteiger partial charge in [-0.1, -0.05) is 36.4 Å². The van der Waals surface area contributed by atoms with Crippen LogP contribution in [-0.2, 0) is 0 Å². The Morgan fingerprint density at radius 3 is 1.18 bits per heavy atom. The molecule has 0 aromatic heterocycles. The van der Waals surface area contributed by atoms with Gasteiger partial charge in [0.2, 0.25) is 0 Å². The number of para-hydroxylation sites is 2. The number of rotatable bonds is 12. The summed E-state index contributed by atoms with van der Waals surface area (Å²) in [6.07, 6.45) is 2.87. The lowest BCUT2D eigenvalue weighted by Crippen LogP contribution is -2.18. The predicted octanol–water partition coefficient (Wildman–Crippen LogP) is 5.67. The van der Waals surface area contributed by atoms with Crippen molar-refractivity contribution in [2.24, 2.45) is 10.2 Å². The van der Waals surface area contributed by atoms with Gasteiger partial charge in [-0.25, -0.2) is 20.4 Å². The van der Waals surface area contributed by atoms with Crippen LogP contribution in [0.2, 0.25) is 0 Å². The molecule has 0 spiro atoms. The summed E-state index contributed by atoms with van der Waals surface area (Å²) in [5.41, 5.74) is 6.85. The van der Waals surface area contributed by atoms with Crippen LogP contribution in [-0.4, -0.2) is 50.4 Å². The first-order valence-electron chi connectivity index (χ1n) is 15.0. The van der Waals surface area contributed by atoms with Crippen LogP contribution in [0.25, 0.3) is 0 Å². The van der Waals surface area contributed by atoms with Crippen molar-refractivity contribution in [3.05, 3.63) is 155 Å². The number of hydrogen-bond donors (Lipinski definition) is 2. The van der Waals surface area contributed by atoms with Gasteiger partial charge in [-0.15, -0.1) is 0 Å². The Morgan fingerprint density at radius 1 is 0.480 bits per heavy atom. The summed E-state index contributed by atoms with van der Waals surface area (Å²) < 4.78 is 21.4. The summed E-state index contributed by atoms with van der Waals surface area (Å²) in [7, 11) is 2.95. The first-order chi connectivity index (χ1) is 24.4. The number of ether oxygens (including phenoxy) is 4. The van der Waals surface area contributed by atoms with E-state index in [1.54, 1.807) is 109 Å². The molecule has 0 aliphatic carbocycles. The number of nitrogens with zero attached hydrogens (tertiary/aromatic N) is 2. The number of esters is 2. The molecular formula is C38H30N4O8. The van der Waals surface area contributed by atoms with Crippen LogP contribution in [0.1, 0.15) is 52.6 Å². The topological polar surface area (TPSA) is 154 Å². The van der Waals surface area contributed by atoms with E-state index in [0.29, 0.717) is 33.8 Å². The molecule has 5 aromatic carbocycles. The van der Waals surface area contributed by atoms with Crippen molar-refractivity contribution in [2.75, 3.05) is 14.2 Å². The second kappa shape index (κ2) is 16.7. The maximum absolute atomic E-state index is 13.1. The summed E-state index contributed by atoms with van der Waals surface area (Å²) in [4.78, 5) is 50.9. The second-order valence-corrected chi connectivity index (χ2v) is 10.3. The molecule has 50 heavy (non-hydrogen) atoms. The molecule has 0 aliphatic rings. The van der Waals surface area contributed by atoms with Gasteiger partial charge in [0.1, 0.15) is 23.0 Å². The normalized spacial score (nSPS) is 10.8. The molecule has 0 saturated carbocycles. The molecule has 2 N–H and O–H groups in total. The van der Waals surface area contributed by atoms with Gasteiger partial charge in [-0.3, -0.25) is 9.59 Å². The van der Waals surface area contributed by atoms with Gasteiger partial charge < -0.3 is 18.9 Å². The van der Waals surface area contributed by atoms with Gasteiger partial charge in [0.15, 0.2) is 0 Å². The molecule has 0 aliphatic heterocycles. The van der Waals surface area contributed by atoms with Crippen LogP contribution in [0, 0.1) is 0 Å². The quantitative estimate of drug-likeness (QED) is 0.0745. The fraction of sp³-hybridized carbons (Fsp3) is 0.0526. The van der Waals surface area contributed by atoms with Crippen molar-refractivity contribution in [3.8, 4) is 23.0 Å². The average molecular weight is 671 g/mol. The van der Waals surface area contributed by atoms with Crippen molar-refractivity contribution in [2.45, 2.75) is 0 Å². The highest BCUT2D eigenvalue weighted by Crippen LogP contribution is 2.20. The van der Waals surface area contributed by atoms with Gasteiger partial charge in [0.25, 0.3) is 11.8 Å². The second-order valence-electron chi connectivity index (χ2n) is 10.3. The molecule has 12 nitrogen and oxygen atoms in total. The van der Waals surface area contributed by atoms with Crippen LogP contribution >= 0.6 is 0 Å². The molecule has 5 rings (SSSR count). The van der Waals surface area contributed by atoms with E-state index in [1.165, 1.54) is 38.8 Å². The molecule has 12 heteroatoms. The third-order valence-electron chi connectivity index (χ3n) is 7.01.